The number of hydrogen-bond donors (Lipinski definition) is 2. The maximum absolute atomic E-state index is 12.7. The maximum atomic E-state index is 12.7. The summed E-state index contributed by atoms with van der Waals surface area (Å²) in [4.78, 5) is 27.0. The number of nitrogens with zero attached hydrogens (tertiary/aromatic N) is 1. The molecule has 1 saturated heterocycles. The number of carbonyl (C=O) groups excluding carboxylic acids is 2. The van der Waals surface area contributed by atoms with Crippen molar-refractivity contribution in [1.82, 2.24) is 10.2 Å². The second kappa shape index (κ2) is 7.93. The van der Waals surface area contributed by atoms with Crippen molar-refractivity contribution >= 4 is 27.7 Å². The summed E-state index contributed by atoms with van der Waals surface area (Å²) >= 11 is 3.32. The Morgan fingerprint density at radius 3 is 2.61 bits per heavy atom. The quantitative estimate of drug-likeness (QED) is 0.762. The highest BCUT2D eigenvalue weighted by Crippen LogP contribution is 2.26. The fourth-order valence-corrected chi connectivity index (χ4v) is 4.12. The van der Waals surface area contributed by atoms with Crippen LogP contribution in [0.1, 0.15) is 31.8 Å². The van der Waals surface area contributed by atoms with Gasteiger partial charge in [-0.3, -0.25) is 9.59 Å². The minimum Gasteiger partial charge on any atom is -0.507 e. The fraction of sp³-hybridized carbons (Fsp3) is 0.333. The van der Waals surface area contributed by atoms with E-state index in [1.165, 1.54) is 6.07 Å². The van der Waals surface area contributed by atoms with Crippen molar-refractivity contribution < 1.29 is 19.4 Å². The van der Waals surface area contributed by atoms with Crippen molar-refractivity contribution in [3.8, 4) is 5.75 Å². The van der Waals surface area contributed by atoms with Gasteiger partial charge in [0.1, 0.15) is 5.75 Å². The summed E-state index contributed by atoms with van der Waals surface area (Å²) in [6.45, 7) is 2.38. The van der Waals surface area contributed by atoms with E-state index in [1.807, 2.05) is 23.1 Å². The number of ether oxygens (including phenoxy) is 1. The lowest BCUT2D eigenvalue weighted by Crippen LogP contribution is -2.40. The lowest BCUT2D eigenvalue weighted by Gasteiger charge is -2.27. The third-order valence-electron chi connectivity index (χ3n) is 5.22. The maximum Gasteiger partial charge on any atom is 0.255 e. The standard InChI is InChI=1S/C21H21BrN2O4/c22-16-3-4-19(25)18(12-16)20(26)23-17-10-13-1-2-14(9-15(13)11-17)21(27)24-5-7-28-8-6-24/h1-4,9,12,17,25H,5-8,10-11H2,(H,23,26). The fourth-order valence-electron chi connectivity index (χ4n) is 3.76. The molecular formula is C21H21BrN2O4. The molecule has 28 heavy (non-hydrogen) atoms. The number of carbonyl (C=O) groups is 2. The van der Waals surface area contributed by atoms with Crippen molar-refractivity contribution in [2.45, 2.75) is 18.9 Å². The van der Waals surface area contributed by atoms with Crippen LogP contribution in [0.25, 0.3) is 0 Å². The second-order valence-corrected chi connectivity index (χ2v) is 8.04. The van der Waals surface area contributed by atoms with E-state index in [9.17, 15) is 14.7 Å². The highest BCUT2D eigenvalue weighted by atomic mass is 79.9. The van der Waals surface area contributed by atoms with Gasteiger partial charge in [0.2, 0.25) is 0 Å². The van der Waals surface area contributed by atoms with Crippen molar-refractivity contribution in [3.05, 3.63) is 63.1 Å². The molecule has 1 atom stereocenters. The lowest BCUT2D eigenvalue weighted by molar-refractivity contribution is 0.0303. The van der Waals surface area contributed by atoms with Gasteiger partial charge in [0.05, 0.1) is 18.8 Å². The molecule has 0 bridgehead atoms. The second-order valence-electron chi connectivity index (χ2n) is 7.13. The molecule has 6 nitrogen and oxygen atoms in total. The Morgan fingerprint density at radius 2 is 1.82 bits per heavy atom. The zero-order valence-electron chi connectivity index (χ0n) is 15.3. The van der Waals surface area contributed by atoms with Crippen molar-refractivity contribution in [2.24, 2.45) is 0 Å². The Labute approximate surface area is 171 Å². The summed E-state index contributed by atoms with van der Waals surface area (Å²) in [7, 11) is 0. The first-order valence-electron chi connectivity index (χ1n) is 9.29. The van der Waals surface area contributed by atoms with E-state index < -0.39 is 0 Å². The van der Waals surface area contributed by atoms with Gasteiger partial charge in [-0.1, -0.05) is 22.0 Å². The van der Waals surface area contributed by atoms with E-state index >= 15 is 0 Å². The van der Waals surface area contributed by atoms with E-state index in [-0.39, 0.29) is 29.2 Å². The molecule has 4 rings (SSSR count). The molecule has 2 aromatic carbocycles. The summed E-state index contributed by atoms with van der Waals surface area (Å²) in [6.07, 6.45) is 1.38. The number of nitrogens with one attached hydrogen (secondary N) is 1. The number of amides is 2. The Hall–Kier alpha value is -2.38. The van der Waals surface area contributed by atoms with E-state index in [1.54, 1.807) is 12.1 Å². The number of benzene rings is 2. The first-order chi connectivity index (χ1) is 13.5. The molecule has 2 N–H and O–H groups in total. The Kier molecular flexibility index (Phi) is 5.37. The van der Waals surface area contributed by atoms with Crippen LogP contribution in [0.3, 0.4) is 0 Å². The molecule has 2 amide bonds. The van der Waals surface area contributed by atoms with Gasteiger partial charge in [0.15, 0.2) is 0 Å². The van der Waals surface area contributed by atoms with E-state index in [0.29, 0.717) is 44.7 Å². The smallest absolute Gasteiger partial charge is 0.255 e. The summed E-state index contributed by atoms with van der Waals surface area (Å²) in [5, 5.41) is 12.9. The van der Waals surface area contributed by atoms with Crippen LogP contribution in [0.15, 0.2) is 40.9 Å². The van der Waals surface area contributed by atoms with Gasteiger partial charge in [-0.05, 0) is 54.3 Å². The number of aromatic hydroxyl groups is 1. The minimum atomic E-state index is -0.304. The molecule has 1 aliphatic carbocycles. The van der Waals surface area contributed by atoms with Gasteiger partial charge in [0.25, 0.3) is 11.8 Å². The predicted octanol–water partition coefficient (Wildman–Crippen LogP) is 2.52. The molecule has 7 heteroatoms. The molecular weight excluding hydrogens is 424 g/mol. The molecule has 1 aliphatic heterocycles. The molecule has 0 radical (unpaired) electrons. The van der Waals surface area contributed by atoms with Gasteiger partial charge in [0, 0.05) is 29.2 Å². The Balaban J connectivity index is 1.44. The monoisotopic (exact) mass is 444 g/mol. The van der Waals surface area contributed by atoms with Crippen molar-refractivity contribution in [2.75, 3.05) is 26.3 Å². The molecule has 1 unspecified atom stereocenters. The van der Waals surface area contributed by atoms with Crippen LogP contribution in [0, 0.1) is 0 Å². The number of morpholine rings is 1. The highest BCUT2D eigenvalue weighted by molar-refractivity contribution is 9.10. The molecule has 2 aromatic rings. The van der Waals surface area contributed by atoms with Gasteiger partial charge in [-0.2, -0.15) is 0 Å². The number of fused-ring (bicyclic) bond motifs is 1. The van der Waals surface area contributed by atoms with Crippen LogP contribution in [0.2, 0.25) is 0 Å². The number of phenolic OH excluding ortho intramolecular Hbond substituents is 1. The van der Waals surface area contributed by atoms with Crippen molar-refractivity contribution in [3.63, 3.8) is 0 Å². The average Bonchev–Trinajstić information content (AvgIpc) is 3.11. The molecule has 1 fully saturated rings. The summed E-state index contributed by atoms with van der Waals surface area (Å²) in [5.74, 6) is -0.325. The van der Waals surface area contributed by atoms with Crippen LogP contribution >= 0.6 is 15.9 Å². The topological polar surface area (TPSA) is 78.9 Å². The van der Waals surface area contributed by atoms with Gasteiger partial charge >= 0.3 is 0 Å². The molecule has 2 aliphatic rings. The SMILES string of the molecule is O=C(NC1Cc2ccc(C(=O)N3CCOCC3)cc2C1)c1cc(Br)ccc1O. The third kappa shape index (κ3) is 3.91. The summed E-state index contributed by atoms with van der Waals surface area (Å²) in [6, 6.07) is 10.5. The first kappa shape index (κ1) is 19.0. The minimum absolute atomic E-state index is 0.0256. The van der Waals surface area contributed by atoms with Crippen LogP contribution in [0.4, 0.5) is 0 Å². The largest absolute Gasteiger partial charge is 0.507 e. The zero-order chi connectivity index (χ0) is 19.7. The normalized spacial score (nSPS) is 18.6. The van der Waals surface area contributed by atoms with Crippen molar-refractivity contribution in [1.29, 1.82) is 0 Å². The Morgan fingerprint density at radius 1 is 1.07 bits per heavy atom. The molecule has 0 saturated carbocycles. The van der Waals surface area contributed by atoms with E-state index in [2.05, 4.69) is 21.2 Å². The zero-order valence-corrected chi connectivity index (χ0v) is 16.9. The van der Waals surface area contributed by atoms with Crippen LogP contribution in [-0.2, 0) is 17.6 Å². The molecule has 0 aromatic heterocycles. The molecule has 146 valence electrons. The van der Waals surface area contributed by atoms with E-state index in [4.69, 9.17) is 4.74 Å². The third-order valence-corrected chi connectivity index (χ3v) is 5.72. The van der Waals surface area contributed by atoms with Gasteiger partial charge < -0.3 is 20.1 Å². The predicted molar refractivity (Wildman–Crippen MR) is 108 cm³/mol. The van der Waals surface area contributed by atoms with Gasteiger partial charge in [-0.15, -0.1) is 0 Å². The summed E-state index contributed by atoms with van der Waals surface area (Å²) < 4.78 is 6.04. The Bertz CT molecular complexity index is 925. The molecule has 0 spiro atoms. The number of halogens is 1. The molecule has 1 heterocycles. The lowest BCUT2D eigenvalue weighted by atomic mass is 10.1. The van der Waals surface area contributed by atoms with Crippen LogP contribution in [0.5, 0.6) is 5.75 Å². The average molecular weight is 445 g/mol. The van der Waals surface area contributed by atoms with E-state index in [0.717, 1.165) is 15.6 Å². The van der Waals surface area contributed by atoms with Crippen LogP contribution in [-0.4, -0.2) is 54.2 Å². The highest BCUT2D eigenvalue weighted by Gasteiger charge is 2.26. The number of hydrogen-bond acceptors (Lipinski definition) is 4. The van der Waals surface area contributed by atoms with Crippen LogP contribution < -0.4 is 5.32 Å². The first-order valence-corrected chi connectivity index (χ1v) is 10.1. The summed E-state index contributed by atoms with van der Waals surface area (Å²) in [5.41, 5.74) is 3.15. The number of phenols is 1. The van der Waals surface area contributed by atoms with Gasteiger partial charge in [-0.25, -0.2) is 0 Å². The number of rotatable bonds is 3.